The van der Waals surface area contributed by atoms with E-state index in [4.69, 9.17) is 39.6 Å². The van der Waals surface area contributed by atoms with E-state index in [-0.39, 0.29) is 6.61 Å². The molecule has 4 nitrogen and oxygen atoms in total. The van der Waals surface area contributed by atoms with Crippen LogP contribution >= 0.6 is 34.8 Å². The Kier molecular flexibility index (Phi) is 6.85. The third-order valence-electron chi connectivity index (χ3n) is 3.49. The van der Waals surface area contributed by atoms with Gasteiger partial charge in [0.05, 0.1) is 6.21 Å². The lowest BCUT2D eigenvalue weighted by molar-refractivity contribution is 0.132. The van der Waals surface area contributed by atoms with E-state index >= 15 is 0 Å². The lowest BCUT2D eigenvalue weighted by Crippen LogP contribution is -1.97. The number of oxime groups is 1. The first kappa shape index (κ1) is 19.8. The van der Waals surface area contributed by atoms with Crippen molar-refractivity contribution in [3.05, 3.63) is 87.0 Å². The highest BCUT2D eigenvalue weighted by atomic mass is 35.5. The minimum absolute atomic E-state index is 0.221. The van der Waals surface area contributed by atoms with Crippen LogP contribution in [0.5, 0.6) is 0 Å². The van der Waals surface area contributed by atoms with Crippen LogP contribution in [0.15, 0.2) is 75.9 Å². The van der Waals surface area contributed by atoms with Gasteiger partial charge in [0.25, 0.3) is 0 Å². The molecule has 1 unspecified atom stereocenters. The second-order valence-electron chi connectivity index (χ2n) is 5.40. The number of hydrogen-bond donors (Lipinski definition) is 0. The summed E-state index contributed by atoms with van der Waals surface area (Å²) in [5, 5.41) is 6.02. The van der Waals surface area contributed by atoms with E-state index in [0.717, 1.165) is 5.56 Å². The molecule has 2 aromatic carbocycles. The van der Waals surface area contributed by atoms with E-state index < -0.39 is 10.8 Å². The molecule has 0 saturated heterocycles. The Bertz CT molecular complexity index is 977. The van der Waals surface area contributed by atoms with Crippen LogP contribution in [-0.2, 0) is 22.2 Å². The molecular formula is C19H13Cl3N2O2S. The lowest BCUT2D eigenvalue weighted by atomic mass is 10.2. The molecule has 3 rings (SSSR count). The van der Waals surface area contributed by atoms with Crippen LogP contribution in [0.25, 0.3) is 0 Å². The zero-order valence-corrected chi connectivity index (χ0v) is 16.9. The monoisotopic (exact) mass is 438 g/mol. The molecule has 1 aromatic heterocycles. The smallest absolute Gasteiger partial charge is 0.143 e. The van der Waals surface area contributed by atoms with Gasteiger partial charge in [-0.25, -0.2) is 9.19 Å². The summed E-state index contributed by atoms with van der Waals surface area (Å²) in [5.41, 5.74) is 1.50. The number of hydrogen-bond acceptors (Lipinski definition) is 4. The van der Waals surface area contributed by atoms with E-state index in [0.29, 0.717) is 30.6 Å². The first-order chi connectivity index (χ1) is 13.0. The summed E-state index contributed by atoms with van der Waals surface area (Å²) in [6.07, 6.45) is 3.09. The SMILES string of the molecule is O=S(c1ccc(Cl)cc1)c1ccc(/C=N/OCc2ccc(Cl)cc2Cl)cn1. The Morgan fingerprint density at radius 3 is 2.41 bits per heavy atom. The molecule has 0 aliphatic rings. The molecule has 0 fully saturated rings. The number of halogens is 3. The highest BCUT2D eigenvalue weighted by Crippen LogP contribution is 2.21. The van der Waals surface area contributed by atoms with Crippen molar-refractivity contribution in [2.24, 2.45) is 5.16 Å². The second kappa shape index (κ2) is 9.33. The van der Waals surface area contributed by atoms with Crippen LogP contribution in [0.3, 0.4) is 0 Å². The molecule has 1 heterocycles. The van der Waals surface area contributed by atoms with Crippen molar-refractivity contribution in [1.29, 1.82) is 0 Å². The number of nitrogens with zero attached hydrogens (tertiary/aromatic N) is 2. The fraction of sp³-hybridized carbons (Fsp3) is 0.0526. The number of rotatable bonds is 6. The summed E-state index contributed by atoms with van der Waals surface area (Å²) in [4.78, 5) is 10.1. The zero-order valence-electron chi connectivity index (χ0n) is 13.8. The molecular weight excluding hydrogens is 427 g/mol. The maximum atomic E-state index is 12.5. The molecule has 0 saturated carbocycles. The Labute approximate surface area is 174 Å². The van der Waals surface area contributed by atoms with Crippen molar-refractivity contribution in [3.8, 4) is 0 Å². The third-order valence-corrected chi connectivity index (χ3v) is 5.65. The van der Waals surface area contributed by atoms with Crippen molar-refractivity contribution in [2.75, 3.05) is 0 Å². The van der Waals surface area contributed by atoms with Crippen LogP contribution in [0.1, 0.15) is 11.1 Å². The molecule has 0 amide bonds. The van der Waals surface area contributed by atoms with Gasteiger partial charge in [0.2, 0.25) is 0 Å². The minimum atomic E-state index is -1.37. The van der Waals surface area contributed by atoms with Gasteiger partial charge in [-0.2, -0.15) is 0 Å². The predicted molar refractivity (Wildman–Crippen MR) is 109 cm³/mol. The highest BCUT2D eigenvalue weighted by Gasteiger charge is 2.08. The Morgan fingerprint density at radius 2 is 1.74 bits per heavy atom. The fourth-order valence-electron chi connectivity index (χ4n) is 2.10. The summed E-state index contributed by atoms with van der Waals surface area (Å²) >= 11 is 17.8. The minimum Gasteiger partial charge on any atom is -0.391 e. The molecule has 0 aliphatic carbocycles. The lowest BCUT2D eigenvalue weighted by Gasteiger charge is -2.03. The van der Waals surface area contributed by atoms with Gasteiger partial charge in [-0.1, -0.05) is 46.0 Å². The van der Waals surface area contributed by atoms with Gasteiger partial charge < -0.3 is 4.84 Å². The standard InChI is InChI=1S/C19H13Cl3N2O2S/c20-15-4-6-17(7-5-15)27(25)19-8-1-13(10-23-19)11-24-26-12-14-2-3-16(21)9-18(14)22/h1-11H,12H2/b24-11+. The van der Waals surface area contributed by atoms with Gasteiger partial charge in [-0.3, -0.25) is 0 Å². The van der Waals surface area contributed by atoms with Gasteiger partial charge in [-0.05, 0) is 48.5 Å². The van der Waals surface area contributed by atoms with E-state index in [1.807, 2.05) is 0 Å². The molecule has 8 heteroatoms. The number of aromatic nitrogens is 1. The van der Waals surface area contributed by atoms with Crippen molar-refractivity contribution >= 4 is 51.8 Å². The normalized spacial score (nSPS) is 12.3. The first-order valence-corrected chi connectivity index (χ1v) is 10.0. The molecule has 27 heavy (non-hydrogen) atoms. The average Bonchev–Trinajstić information content (AvgIpc) is 2.67. The Balaban J connectivity index is 1.59. The summed E-state index contributed by atoms with van der Waals surface area (Å²) < 4.78 is 12.5. The summed E-state index contributed by atoms with van der Waals surface area (Å²) in [7, 11) is -1.37. The van der Waals surface area contributed by atoms with Crippen molar-refractivity contribution in [2.45, 2.75) is 16.5 Å². The second-order valence-corrected chi connectivity index (χ2v) is 8.10. The number of pyridine rings is 1. The highest BCUT2D eigenvalue weighted by molar-refractivity contribution is 7.85. The van der Waals surface area contributed by atoms with Crippen molar-refractivity contribution in [3.63, 3.8) is 0 Å². The van der Waals surface area contributed by atoms with Crippen LogP contribution in [0.4, 0.5) is 0 Å². The van der Waals surface area contributed by atoms with Crippen molar-refractivity contribution in [1.82, 2.24) is 4.98 Å². The van der Waals surface area contributed by atoms with Crippen LogP contribution in [0, 0.1) is 0 Å². The first-order valence-electron chi connectivity index (χ1n) is 7.75. The molecule has 138 valence electrons. The van der Waals surface area contributed by atoms with Crippen LogP contribution in [0.2, 0.25) is 15.1 Å². The molecule has 0 radical (unpaired) electrons. The Morgan fingerprint density at radius 1 is 1.00 bits per heavy atom. The summed E-state index contributed by atoms with van der Waals surface area (Å²) in [5.74, 6) is 0. The maximum Gasteiger partial charge on any atom is 0.143 e. The van der Waals surface area contributed by atoms with Crippen LogP contribution < -0.4 is 0 Å². The zero-order chi connectivity index (χ0) is 19.2. The van der Waals surface area contributed by atoms with Gasteiger partial charge >= 0.3 is 0 Å². The van der Waals surface area contributed by atoms with Crippen molar-refractivity contribution < 1.29 is 9.05 Å². The average molecular weight is 440 g/mol. The molecule has 0 aliphatic heterocycles. The summed E-state index contributed by atoms with van der Waals surface area (Å²) in [6, 6.07) is 15.4. The topological polar surface area (TPSA) is 51.5 Å². The fourth-order valence-corrected chi connectivity index (χ4v) is 3.65. The molecule has 0 N–H and O–H groups in total. The van der Waals surface area contributed by atoms with Gasteiger partial charge in [-0.15, -0.1) is 0 Å². The van der Waals surface area contributed by atoms with Gasteiger partial charge in [0.15, 0.2) is 0 Å². The van der Waals surface area contributed by atoms with E-state index in [1.165, 1.54) is 6.21 Å². The maximum absolute atomic E-state index is 12.5. The largest absolute Gasteiger partial charge is 0.391 e. The number of benzene rings is 2. The van der Waals surface area contributed by atoms with E-state index in [2.05, 4.69) is 10.1 Å². The van der Waals surface area contributed by atoms with Crippen LogP contribution in [-0.4, -0.2) is 15.4 Å². The third kappa shape index (κ3) is 5.53. The summed E-state index contributed by atoms with van der Waals surface area (Å²) in [6.45, 7) is 0.221. The predicted octanol–water partition coefficient (Wildman–Crippen LogP) is 5.76. The van der Waals surface area contributed by atoms with E-state index in [9.17, 15) is 4.21 Å². The van der Waals surface area contributed by atoms with Gasteiger partial charge in [0.1, 0.15) is 22.4 Å². The van der Waals surface area contributed by atoms with E-state index in [1.54, 1.807) is 60.8 Å². The van der Waals surface area contributed by atoms with Gasteiger partial charge in [0, 0.05) is 37.3 Å². The molecule has 3 aromatic rings. The Hall–Kier alpha value is -1.92. The molecule has 0 bridgehead atoms. The quantitative estimate of drug-likeness (QED) is 0.362. The molecule has 0 spiro atoms. The molecule has 1 atom stereocenters.